The van der Waals surface area contributed by atoms with Crippen LogP contribution in [-0.2, 0) is 0 Å². The second-order valence-electron chi connectivity index (χ2n) is 4.32. The molecule has 0 amide bonds. The van der Waals surface area contributed by atoms with Gasteiger partial charge in [-0.2, -0.15) is 0 Å². The molecule has 2 rings (SSSR count). The van der Waals surface area contributed by atoms with E-state index in [1.54, 1.807) is 24.3 Å². The number of hydrogen-bond donors (Lipinski definition) is 1. The Labute approximate surface area is 133 Å². The fourth-order valence-corrected chi connectivity index (χ4v) is 2.77. The number of benzene rings is 2. The molecular formula is C15H13Br2F2N. The third-order valence-corrected chi connectivity index (χ3v) is 3.94. The van der Waals surface area contributed by atoms with E-state index in [1.807, 2.05) is 6.92 Å². The smallest absolute Gasteiger partial charge is 0.129 e. The average Bonchev–Trinajstić information content (AvgIpc) is 2.40. The molecule has 106 valence electrons. The Morgan fingerprint density at radius 2 is 1.60 bits per heavy atom. The Balaban J connectivity index is 2.53. The van der Waals surface area contributed by atoms with Crippen molar-refractivity contribution in [1.29, 1.82) is 0 Å². The summed E-state index contributed by atoms with van der Waals surface area (Å²) in [7, 11) is 0. The molecule has 0 aliphatic carbocycles. The lowest BCUT2D eigenvalue weighted by atomic mass is 9.97. The first kappa shape index (κ1) is 15.6. The molecular weight excluding hydrogens is 392 g/mol. The van der Waals surface area contributed by atoms with Crippen molar-refractivity contribution in [2.45, 2.75) is 13.0 Å². The molecule has 20 heavy (non-hydrogen) atoms. The van der Waals surface area contributed by atoms with E-state index < -0.39 is 6.04 Å². The molecule has 2 aromatic carbocycles. The molecule has 0 radical (unpaired) electrons. The van der Waals surface area contributed by atoms with Crippen LogP contribution in [0.25, 0.3) is 0 Å². The van der Waals surface area contributed by atoms with Crippen molar-refractivity contribution in [2.24, 2.45) is 0 Å². The van der Waals surface area contributed by atoms with Crippen LogP contribution in [0.15, 0.2) is 45.3 Å². The van der Waals surface area contributed by atoms with Crippen molar-refractivity contribution in [3.05, 3.63) is 68.1 Å². The zero-order chi connectivity index (χ0) is 14.7. The minimum atomic E-state index is -0.523. The van der Waals surface area contributed by atoms with Gasteiger partial charge in [0.2, 0.25) is 0 Å². The summed E-state index contributed by atoms with van der Waals surface area (Å²) < 4.78 is 29.6. The van der Waals surface area contributed by atoms with E-state index in [4.69, 9.17) is 0 Å². The van der Waals surface area contributed by atoms with E-state index in [0.29, 0.717) is 22.1 Å². The summed E-state index contributed by atoms with van der Waals surface area (Å²) in [5.74, 6) is -0.730. The Bertz CT molecular complexity index is 617. The molecule has 1 nitrogen and oxygen atoms in total. The first-order valence-electron chi connectivity index (χ1n) is 6.16. The minimum absolute atomic E-state index is 0.360. The predicted molar refractivity (Wildman–Crippen MR) is 83.7 cm³/mol. The third kappa shape index (κ3) is 3.45. The maximum atomic E-state index is 14.1. The highest BCUT2D eigenvalue weighted by atomic mass is 79.9. The van der Waals surface area contributed by atoms with Crippen molar-refractivity contribution in [1.82, 2.24) is 5.32 Å². The van der Waals surface area contributed by atoms with Crippen molar-refractivity contribution in [3.63, 3.8) is 0 Å². The van der Waals surface area contributed by atoms with Gasteiger partial charge in [-0.1, -0.05) is 44.8 Å². The van der Waals surface area contributed by atoms with Gasteiger partial charge in [0.05, 0.1) is 6.04 Å². The monoisotopic (exact) mass is 403 g/mol. The average molecular weight is 405 g/mol. The van der Waals surface area contributed by atoms with Crippen molar-refractivity contribution in [2.75, 3.05) is 6.54 Å². The molecule has 2 aromatic rings. The lowest BCUT2D eigenvalue weighted by molar-refractivity contribution is 0.530. The topological polar surface area (TPSA) is 12.0 Å². The van der Waals surface area contributed by atoms with Crippen LogP contribution in [-0.4, -0.2) is 6.54 Å². The molecule has 1 atom stereocenters. The van der Waals surface area contributed by atoms with Gasteiger partial charge in [-0.15, -0.1) is 0 Å². The van der Waals surface area contributed by atoms with Crippen LogP contribution in [0.2, 0.25) is 0 Å². The number of rotatable bonds is 4. The molecule has 0 fully saturated rings. The van der Waals surface area contributed by atoms with E-state index in [-0.39, 0.29) is 11.6 Å². The second-order valence-corrected chi connectivity index (χ2v) is 6.15. The van der Waals surface area contributed by atoms with Crippen molar-refractivity contribution in [3.8, 4) is 0 Å². The van der Waals surface area contributed by atoms with Gasteiger partial charge in [-0.3, -0.25) is 0 Å². The maximum absolute atomic E-state index is 14.1. The third-order valence-electron chi connectivity index (χ3n) is 2.95. The van der Waals surface area contributed by atoms with E-state index in [2.05, 4.69) is 37.2 Å². The van der Waals surface area contributed by atoms with Crippen LogP contribution in [0.3, 0.4) is 0 Å². The zero-order valence-electron chi connectivity index (χ0n) is 10.8. The van der Waals surface area contributed by atoms with Crippen molar-refractivity contribution >= 4 is 31.9 Å². The van der Waals surface area contributed by atoms with Crippen LogP contribution in [0.5, 0.6) is 0 Å². The van der Waals surface area contributed by atoms with E-state index >= 15 is 0 Å². The zero-order valence-corrected chi connectivity index (χ0v) is 13.9. The minimum Gasteiger partial charge on any atom is -0.306 e. The first-order valence-corrected chi connectivity index (χ1v) is 7.74. The molecule has 5 heteroatoms. The molecule has 0 spiro atoms. The normalized spacial score (nSPS) is 12.4. The Kier molecular flexibility index (Phi) is 5.29. The highest BCUT2D eigenvalue weighted by molar-refractivity contribution is 9.10. The highest BCUT2D eigenvalue weighted by Crippen LogP contribution is 2.30. The molecule has 0 bridgehead atoms. The van der Waals surface area contributed by atoms with E-state index in [9.17, 15) is 8.78 Å². The van der Waals surface area contributed by atoms with Gasteiger partial charge in [0.25, 0.3) is 0 Å². The second kappa shape index (κ2) is 6.78. The molecule has 0 saturated carbocycles. The van der Waals surface area contributed by atoms with Crippen LogP contribution in [0.1, 0.15) is 24.1 Å². The van der Waals surface area contributed by atoms with Gasteiger partial charge in [-0.05, 0) is 36.9 Å². The standard InChI is InChI=1S/C15H13Br2F2N/c1-2-20-15(11-5-3-10(17)8-14(11)19)12-7-9(16)4-6-13(12)18/h3-8,15,20H,2H2,1H3. The molecule has 0 aliphatic rings. The molecule has 1 N–H and O–H groups in total. The van der Waals surface area contributed by atoms with Gasteiger partial charge >= 0.3 is 0 Å². The summed E-state index contributed by atoms with van der Waals surface area (Å²) in [6.07, 6.45) is 0. The molecule has 0 heterocycles. The molecule has 0 aromatic heterocycles. The lowest BCUT2D eigenvalue weighted by Crippen LogP contribution is -2.24. The van der Waals surface area contributed by atoms with Gasteiger partial charge in [-0.25, -0.2) is 8.78 Å². The summed E-state index contributed by atoms with van der Waals surface area (Å²) in [4.78, 5) is 0. The molecule has 0 saturated heterocycles. The van der Waals surface area contributed by atoms with Gasteiger partial charge < -0.3 is 5.32 Å². The maximum Gasteiger partial charge on any atom is 0.129 e. The number of halogens is 4. The Morgan fingerprint density at radius 1 is 0.950 bits per heavy atom. The highest BCUT2D eigenvalue weighted by Gasteiger charge is 2.20. The number of nitrogens with one attached hydrogen (secondary N) is 1. The Morgan fingerprint density at radius 3 is 2.25 bits per heavy atom. The van der Waals surface area contributed by atoms with Crippen LogP contribution >= 0.6 is 31.9 Å². The van der Waals surface area contributed by atoms with Gasteiger partial charge in [0.15, 0.2) is 0 Å². The predicted octanol–water partition coefficient (Wildman–Crippen LogP) is 5.19. The summed E-state index contributed by atoms with van der Waals surface area (Å²) in [5.41, 5.74) is 0.842. The lowest BCUT2D eigenvalue weighted by Gasteiger charge is -2.20. The van der Waals surface area contributed by atoms with Crippen LogP contribution in [0, 0.1) is 11.6 Å². The van der Waals surface area contributed by atoms with E-state index in [1.165, 1.54) is 12.1 Å². The SMILES string of the molecule is CCNC(c1ccc(Br)cc1F)c1cc(Br)ccc1F. The summed E-state index contributed by atoms with van der Waals surface area (Å²) in [6, 6.07) is 8.94. The summed E-state index contributed by atoms with van der Waals surface area (Å²) in [6.45, 7) is 2.51. The Hall–Kier alpha value is -0.780. The quantitative estimate of drug-likeness (QED) is 0.739. The van der Waals surface area contributed by atoms with Gasteiger partial charge in [0, 0.05) is 20.1 Å². The van der Waals surface area contributed by atoms with Crippen LogP contribution < -0.4 is 5.32 Å². The van der Waals surface area contributed by atoms with Crippen LogP contribution in [0.4, 0.5) is 8.78 Å². The first-order chi connectivity index (χ1) is 9.52. The van der Waals surface area contributed by atoms with Crippen molar-refractivity contribution < 1.29 is 8.78 Å². The molecule has 0 aliphatic heterocycles. The molecule has 1 unspecified atom stereocenters. The fraction of sp³-hybridized carbons (Fsp3) is 0.200. The summed E-state index contributed by atoms with van der Waals surface area (Å²) >= 11 is 6.55. The van der Waals surface area contributed by atoms with E-state index in [0.717, 1.165) is 4.47 Å². The summed E-state index contributed by atoms with van der Waals surface area (Å²) in [5, 5.41) is 3.13. The number of hydrogen-bond acceptors (Lipinski definition) is 1. The van der Waals surface area contributed by atoms with Gasteiger partial charge in [0.1, 0.15) is 11.6 Å². The largest absolute Gasteiger partial charge is 0.306 e. The fourth-order valence-electron chi connectivity index (χ4n) is 2.06.